The van der Waals surface area contributed by atoms with Gasteiger partial charge in [0.1, 0.15) is 21.7 Å². The Hall–Kier alpha value is -2.36. The van der Waals surface area contributed by atoms with Crippen LogP contribution in [0.3, 0.4) is 0 Å². The van der Waals surface area contributed by atoms with Gasteiger partial charge in [0.15, 0.2) is 0 Å². The molecule has 0 saturated carbocycles. The number of anilines is 1. The first kappa shape index (κ1) is 14.6. The number of hydrogen-bond acceptors (Lipinski definition) is 6. The Balaban J connectivity index is 1.86. The highest BCUT2D eigenvalue weighted by Gasteiger charge is 2.11. The predicted octanol–water partition coefficient (Wildman–Crippen LogP) is 4.34. The lowest BCUT2D eigenvalue weighted by Crippen LogP contribution is -1.91. The van der Waals surface area contributed by atoms with Gasteiger partial charge < -0.3 is 0 Å². The maximum absolute atomic E-state index is 9.19. The number of thioether (sulfide) groups is 1. The molecule has 2 aromatic carbocycles. The SMILES string of the molecule is CSc1nsc(N/N=C\c2cccc3ccccc23)c1C#N. The predicted molar refractivity (Wildman–Crippen MR) is 93.8 cm³/mol. The molecule has 1 heterocycles. The van der Waals surface area contributed by atoms with Crippen LogP contribution in [0.15, 0.2) is 52.6 Å². The van der Waals surface area contributed by atoms with Crippen LogP contribution in [-0.2, 0) is 0 Å². The van der Waals surface area contributed by atoms with Crippen LogP contribution in [0.25, 0.3) is 10.8 Å². The largest absolute Gasteiger partial charge is 0.266 e. The summed E-state index contributed by atoms with van der Waals surface area (Å²) in [7, 11) is 0. The highest BCUT2D eigenvalue weighted by Crippen LogP contribution is 2.29. The Kier molecular flexibility index (Phi) is 4.37. The number of benzene rings is 2. The average Bonchev–Trinajstić information content (AvgIpc) is 2.97. The molecule has 0 aliphatic rings. The van der Waals surface area contributed by atoms with E-state index in [1.807, 2.05) is 30.5 Å². The van der Waals surface area contributed by atoms with E-state index in [0.29, 0.717) is 10.6 Å². The van der Waals surface area contributed by atoms with Crippen LogP contribution >= 0.6 is 23.3 Å². The van der Waals surface area contributed by atoms with Gasteiger partial charge in [-0.2, -0.15) is 14.7 Å². The number of nitriles is 1. The van der Waals surface area contributed by atoms with Crippen LogP contribution in [0.1, 0.15) is 11.1 Å². The zero-order chi connectivity index (χ0) is 15.4. The van der Waals surface area contributed by atoms with E-state index >= 15 is 0 Å². The third-order valence-electron chi connectivity index (χ3n) is 3.16. The molecule has 0 unspecified atom stereocenters. The average molecular weight is 324 g/mol. The van der Waals surface area contributed by atoms with Gasteiger partial charge >= 0.3 is 0 Å². The maximum atomic E-state index is 9.19. The second-order valence-electron chi connectivity index (χ2n) is 4.45. The van der Waals surface area contributed by atoms with Gasteiger partial charge in [0.2, 0.25) is 0 Å². The number of nitrogens with zero attached hydrogens (tertiary/aromatic N) is 3. The quantitative estimate of drug-likeness (QED) is 0.441. The lowest BCUT2D eigenvalue weighted by molar-refractivity contribution is 1.25. The van der Waals surface area contributed by atoms with Crippen LogP contribution in [0.4, 0.5) is 5.00 Å². The molecular formula is C16H12N4S2. The monoisotopic (exact) mass is 324 g/mol. The van der Waals surface area contributed by atoms with Gasteiger partial charge in [0.25, 0.3) is 0 Å². The lowest BCUT2D eigenvalue weighted by Gasteiger charge is -2.01. The molecule has 6 heteroatoms. The summed E-state index contributed by atoms with van der Waals surface area (Å²) >= 11 is 2.70. The van der Waals surface area contributed by atoms with Gasteiger partial charge in [-0.05, 0) is 28.6 Å². The number of aromatic nitrogens is 1. The van der Waals surface area contributed by atoms with Crippen LogP contribution in [0.5, 0.6) is 0 Å². The number of nitrogens with one attached hydrogen (secondary N) is 1. The molecule has 0 radical (unpaired) electrons. The molecule has 0 spiro atoms. The van der Waals surface area contributed by atoms with Crippen molar-refractivity contribution in [1.29, 1.82) is 5.26 Å². The van der Waals surface area contributed by atoms with Crippen molar-refractivity contribution in [2.45, 2.75) is 5.03 Å². The van der Waals surface area contributed by atoms with E-state index < -0.39 is 0 Å². The van der Waals surface area contributed by atoms with Gasteiger partial charge in [0, 0.05) is 5.56 Å². The van der Waals surface area contributed by atoms with E-state index in [-0.39, 0.29) is 0 Å². The van der Waals surface area contributed by atoms with Gasteiger partial charge in [-0.1, -0.05) is 42.5 Å². The molecule has 3 aromatic rings. The molecular weight excluding hydrogens is 312 g/mol. The molecule has 0 aliphatic heterocycles. The fourth-order valence-electron chi connectivity index (χ4n) is 2.11. The molecule has 22 heavy (non-hydrogen) atoms. The first-order valence-corrected chi connectivity index (χ1v) is 8.54. The summed E-state index contributed by atoms with van der Waals surface area (Å²) in [5, 5.41) is 17.2. The van der Waals surface area contributed by atoms with Gasteiger partial charge in [0.05, 0.1) is 6.21 Å². The van der Waals surface area contributed by atoms with E-state index in [1.165, 1.54) is 28.7 Å². The van der Waals surface area contributed by atoms with Crippen LogP contribution in [0, 0.1) is 11.3 Å². The van der Waals surface area contributed by atoms with Crippen molar-refractivity contribution in [3.05, 3.63) is 53.6 Å². The lowest BCUT2D eigenvalue weighted by atomic mass is 10.1. The Morgan fingerprint density at radius 1 is 1.27 bits per heavy atom. The molecule has 4 nitrogen and oxygen atoms in total. The highest BCUT2D eigenvalue weighted by molar-refractivity contribution is 7.98. The van der Waals surface area contributed by atoms with Crippen molar-refractivity contribution in [3.63, 3.8) is 0 Å². The first-order valence-electron chi connectivity index (χ1n) is 6.54. The van der Waals surface area contributed by atoms with Crippen molar-refractivity contribution in [2.24, 2.45) is 5.10 Å². The minimum Gasteiger partial charge on any atom is -0.266 e. The molecule has 3 rings (SSSR count). The summed E-state index contributed by atoms with van der Waals surface area (Å²) < 4.78 is 4.23. The topological polar surface area (TPSA) is 61.1 Å². The number of hydrazone groups is 1. The van der Waals surface area contributed by atoms with Crippen LogP contribution in [0.2, 0.25) is 0 Å². The van der Waals surface area contributed by atoms with Crippen molar-refractivity contribution in [2.75, 3.05) is 11.7 Å². The maximum Gasteiger partial charge on any atom is 0.148 e. The molecule has 0 aliphatic carbocycles. The Morgan fingerprint density at radius 3 is 2.91 bits per heavy atom. The van der Waals surface area contributed by atoms with Gasteiger partial charge in [-0.25, -0.2) is 0 Å². The zero-order valence-electron chi connectivity index (χ0n) is 11.8. The molecule has 108 valence electrons. The molecule has 0 fully saturated rings. The molecule has 1 aromatic heterocycles. The van der Waals surface area contributed by atoms with Crippen molar-refractivity contribution >= 4 is 45.3 Å². The summed E-state index contributed by atoms with van der Waals surface area (Å²) in [5.41, 5.74) is 4.50. The normalized spacial score (nSPS) is 10.9. The third kappa shape index (κ3) is 2.82. The molecule has 0 amide bonds. The Morgan fingerprint density at radius 2 is 2.09 bits per heavy atom. The summed E-state index contributed by atoms with van der Waals surface area (Å²) in [6.45, 7) is 0. The smallest absolute Gasteiger partial charge is 0.148 e. The van der Waals surface area contributed by atoms with Gasteiger partial charge in [-0.15, -0.1) is 11.8 Å². The molecule has 1 N–H and O–H groups in total. The molecule has 0 saturated heterocycles. The van der Waals surface area contributed by atoms with E-state index in [0.717, 1.165) is 16.0 Å². The van der Waals surface area contributed by atoms with Crippen molar-refractivity contribution in [1.82, 2.24) is 4.37 Å². The zero-order valence-corrected chi connectivity index (χ0v) is 13.4. The minimum absolute atomic E-state index is 0.549. The van der Waals surface area contributed by atoms with Crippen LogP contribution in [-0.4, -0.2) is 16.8 Å². The van der Waals surface area contributed by atoms with Crippen LogP contribution < -0.4 is 5.43 Å². The second-order valence-corrected chi connectivity index (χ2v) is 6.01. The Bertz CT molecular complexity index is 872. The second kappa shape index (κ2) is 6.60. The van der Waals surface area contributed by atoms with E-state index in [2.05, 4.69) is 39.2 Å². The summed E-state index contributed by atoms with van der Waals surface area (Å²) in [5.74, 6) is 0. The van der Waals surface area contributed by atoms with E-state index in [9.17, 15) is 5.26 Å². The fourth-order valence-corrected chi connectivity index (χ4v) is 3.53. The van der Waals surface area contributed by atoms with Gasteiger partial charge in [-0.3, -0.25) is 5.43 Å². The third-order valence-corrected chi connectivity index (χ3v) is 4.71. The number of hydrogen-bond donors (Lipinski definition) is 1. The summed E-state index contributed by atoms with van der Waals surface area (Å²) in [6.07, 6.45) is 3.67. The fraction of sp³-hybridized carbons (Fsp3) is 0.0625. The van der Waals surface area contributed by atoms with E-state index in [4.69, 9.17) is 0 Å². The standard InChI is InChI=1S/C16H12N4S2/c1-21-16-14(9-17)15(22-20-16)19-18-10-12-7-4-6-11-5-2-3-8-13(11)12/h2-8,10,19H,1H3/b18-10-. The summed E-state index contributed by atoms with van der Waals surface area (Å²) in [4.78, 5) is 0. The minimum atomic E-state index is 0.549. The first-order chi connectivity index (χ1) is 10.8. The Labute approximate surface area is 136 Å². The summed E-state index contributed by atoms with van der Waals surface area (Å²) in [6, 6.07) is 16.4. The number of rotatable bonds is 4. The van der Waals surface area contributed by atoms with E-state index in [1.54, 1.807) is 6.21 Å². The van der Waals surface area contributed by atoms with Crippen molar-refractivity contribution in [3.8, 4) is 6.07 Å². The van der Waals surface area contributed by atoms with Crippen molar-refractivity contribution < 1.29 is 0 Å². The number of fused-ring (bicyclic) bond motifs is 1. The molecule has 0 atom stereocenters. The molecule has 0 bridgehead atoms. The highest BCUT2D eigenvalue weighted by atomic mass is 32.2.